The molecule has 0 saturated heterocycles. The molecular formula is C18H14ClN3O3. The predicted molar refractivity (Wildman–Crippen MR) is 96.4 cm³/mol. The number of ether oxygens (including phenoxy) is 1. The normalized spacial score (nSPS) is 11.6. The van der Waals surface area contributed by atoms with Crippen LogP contribution in [-0.4, -0.2) is 28.0 Å². The van der Waals surface area contributed by atoms with Crippen molar-refractivity contribution >= 4 is 39.6 Å². The van der Waals surface area contributed by atoms with Gasteiger partial charge in [-0.05, 0) is 42.8 Å². The maximum absolute atomic E-state index is 12.2. The van der Waals surface area contributed by atoms with E-state index >= 15 is 0 Å². The molecular weight excluding hydrogens is 342 g/mol. The molecule has 0 aliphatic carbocycles. The van der Waals surface area contributed by atoms with E-state index in [1.54, 1.807) is 12.3 Å². The number of hydrogen-bond acceptors (Lipinski definition) is 5. The zero-order valence-corrected chi connectivity index (χ0v) is 14.3. The van der Waals surface area contributed by atoms with Gasteiger partial charge in [-0.2, -0.15) is 0 Å². The summed E-state index contributed by atoms with van der Waals surface area (Å²) in [5.41, 5.74) is 1.99. The van der Waals surface area contributed by atoms with E-state index in [4.69, 9.17) is 11.6 Å². The fourth-order valence-electron chi connectivity index (χ4n) is 2.28. The van der Waals surface area contributed by atoms with Crippen LogP contribution in [0.2, 0.25) is 0 Å². The van der Waals surface area contributed by atoms with Crippen LogP contribution in [-0.2, 0) is 4.74 Å². The summed E-state index contributed by atoms with van der Waals surface area (Å²) in [5.74, 6) is -0.292. The number of pyridine rings is 1. The third-order valence-electron chi connectivity index (χ3n) is 3.58. The molecule has 1 aromatic carbocycles. The van der Waals surface area contributed by atoms with Crippen LogP contribution in [0, 0.1) is 6.92 Å². The molecule has 0 atom stereocenters. The molecule has 2 heterocycles. The molecule has 7 heteroatoms. The van der Waals surface area contributed by atoms with Gasteiger partial charge in [-0.3, -0.25) is 9.78 Å². The number of aromatic amines is 1. The molecule has 25 heavy (non-hydrogen) atoms. The van der Waals surface area contributed by atoms with Gasteiger partial charge in [0.15, 0.2) is 5.82 Å². The number of aryl methyl sites for hydroxylation is 1. The van der Waals surface area contributed by atoms with Crippen molar-refractivity contribution < 1.29 is 9.53 Å². The summed E-state index contributed by atoms with van der Waals surface area (Å²) >= 11 is 6.29. The average Bonchev–Trinajstić information content (AvgIpc) is 2.62. The lowest BCUT2D eigenvalue weighted by Crippen LogP contribution is -2.11. The van der Waals surface area contributed by atoms with Gasteiger partial charge >= 0.3 is 5.97 Å². The molecule has 0 saturated carbocycles. The average molecular weight is 356 g/mol. The Labute approximate surface area is 148 Å². The number of benzene rings is 1. The first-order valence-electron chi connectivity index (χ1n) is 7.40. The molecule has 126 valence electrons. The third-order valence-corrected chi connectivity index (χ3v) is 3.87. The largest absolute Gasteiger partial charge is 0.465 e. The van der Waals surface area contributed by atoms with Crippen LogP contribution in [0.1, 0.15) is 27.4 Å². The first-order valence-corrected chi connectivity index (χ1v) is 7.78. The molecule has 0 bridgehead atoms. The lowest BCUT2D eigenvalue weighted by Gasteiger charge is -2.04. The van der Waals surface area contributed by atoms with Crippen molar-refractivity contribution in [3.05, 3.63) is 69.5 Å². The Kier molecular flexibility index (Phi) is 4.63. The number of carbonyl (C=O) groups is 1. The second-order valence-electron chi connectivity index (χ2n) is 5.36. The van der Waals surface area contributed by atoms with E-state index in [-0.39, 0.29) is 16.4 Å². The number of nitrogens with one attached hydrogen (secondary N) is 1. The van der Waals surface area contributed by atoms with Crippen molar-refractivity contribution in [2.45, 2.75) is 6.92 Å². The van der Waals surface area contributed by atoms with E-state index in [0.717, 1.165) is 11.3 Å². The van der Waals surface area contributed by atoms with Crippen molar-refractivity contribution in [2.24, 2.45) is 0 Å². The quantitative estimate of drug-likeness (QED) is 0.729. The third kappa shape index (κ3) is 3.59. The van der Waals surface area contributed by atoms with Gasteiger partial charge < -0.3 is 9.72 Å². The van der Waals surface area contributed by atoms with Crippen molar-refractivity contribution in [3.63, 3.8) is 0 Å². The number of H-pyrrole nitrogens is 1. The Morgan fingerprint density at radius 2 is 2.08 bits per heavy atom. The Hall–Kier alpha value is -2.99. The van der Waals surface area contributed by atoms with Gasteiger partial charge in [-0.25, -0.2) is 9.78 Å². The van der Waals surface area contributed by atoms with Crippen LogP contribution in [0.15, 0.2) is 41.3 Å². The van der Waals surface area contributed by atoms with E-state index < -0.39 is 5.97 Å². The van der Waals surface area contributed by atoms with Gasteiger partial charge in [0.1, 0.15) is 0 Å². The summed E-state index contributed by atoms with van der Waals surface area (Å²) in [7, 11) is 1.29. The Morgan fingerprint density at radius 3 is 2.76 bits per heavy atom. The zero-order valence-electron chi connectivity index (χ0n) is 13.5. The molecule has 3 aromatic rings. The van der Waals surface area contributed by atoms with Crippen LogP contribution in [0.5, 0.6) is 0 Å². The highest BCUT2D eigenvalue weighted by Crippen LogP contribution is 2.20. The predicted octanol–water partition coefficient (Wildman–Crippen LogP) is 3.15. The SMILES string of the molecule is COC(=O)c1ccc2c(=O)[nH]c(C(Cl)=Cc3ccc(C)nc3)nc2c1. The lowest BCUT2D eigenvalue weighted by atomic mass is 10.1. The monoisotopic (exact) mass is 355 g/mol. The molecule has 0 spiro atoms. The minimum atomic E-state index is -0.502. The number of aromatic nitrogens is 3. The summed E-state index contributed by atoms with van der Waals surface area (Å²) in [6.45, 7) is 1.89. The number of hydrogen-bond donors (Lipinski definition) is 1. The summed E-state index contributed by atoms with van der Waals surface area (Å²) in [4.78, 5) is 35.1. The van der Waals surface area contributed by atoms with Crippen LogP contribution >= 0.6 is 11.6 Å². The second kappa shape index (κ2) is 6.86. The summed E-state index contributed by atoms with van der Waals surface area (Å²) < 4.78 is 4.68. The fraction of sp³-hybridized carbons (Fsp3) is 0.111. The number of nitrogens with zero attached hydrogens (tertiary/aromatic N) is 2. The van der Waals surface area contributed by atoms with Gasteiger partial charge in [0.2, 0.25) is 0 Å². The smallest absolute Gasteiger partial charge is 0.337 e. The molecule has 1 N–H and O–H groups in total. The van der Waals surface area contributed by atoms with E-state index in [1.165, 1.54) is 25.3 Å². The summed E-state index contributed by atoms with van der Waals surface area (Å²) in [6, 6.07) is 8.25. The number of esters is 1. The van der Waals surface area contributed by atoms with Gasteiger partial charge in [-0.1, -0.05) is 17.7 Å². The molecule has 0 aliphatic rings. The van der Waals surface area contributed by atoms with Crippen LogP contribution in [0.4, 0.5) is 0 Å². The van der Waals surface area contributed by atoms with Crippen LogP contribution < -0.4 is 5.56 Å². The van der Waals surface area contributed by atoms with Gasteiger partial charge in [0.05, 0.1) is 28.6 Å². The maximum Gasteiger partial charge on any atom is 0.337 e. The zero-order chi connectivity index (χ0) is 18.0. The number of methoxy groups -OCH3 is 1. The minimum absolute atomic E-state index is 0.210. The van der Waals surface area contributed by atoms with E-state index in [0.29, 0.717) is 16.5 Å². The molecule has 0 aliphatic heterocycles. The Morgan fingerprint density at radius 1 is 1.28 bits per heavy atom. The standard InChI is InChI=1S/C18H14ClN3O3/c1-10-3-4-11(9-20-10)7-14(19)16-21-15-8-12(18(24)25-2)5-6-13(15)17(23)22-16/h3-9H,1-2H3,(H,21,22,23). The number of halogens is 1. The number of rotatable bonds is 3. The maximum atomic E-state index is 12.2. The molecule has 3 rings (SSSR count). The van der Waals surface area contributed by atoms with Crippen LogP contribution in [0.3, 0.4) is 0 Å². The van der Waals surface area contributed by atoms with Crippen molar-refractivity contribution in [3.8, 4) is 0 Å². The second-order valence-corrected chi connectivity index (χ2v) is 5.77. The number of fused-ring (bicyclic) bond motifs is 1. The van der Waals surface area contributed by atoms with Crippen LogP contribution in [0.25, 0.3) is 22.0 Å². The van der Waals surface area contributed by atoms with Crippen molar-refractivity contribution in [1.82, 2.24) is 15.0 Å². The van der Waals surface area contributed by atoms with E-state index in [1.807, 2.05) is 19.1 Å². The van der Waals surface area contributed by atoms with Gasteiger partial charge in [-0.15, -0.1) is 0 Å². The molecule has 0 amide bonds. The number of carbonyl (C=O) groups excluding carboxylic acids is 1. The summed E-state index contributed by atoms with van der Waals surface area (Å²) in [5, 5.41) is 0.617. The van der Waals surface area contributed by atoms with Crippen molar-refractivity contribution in [2.75, 3.05) is 7.11 Å². The lowest BCUT2D eigenvalue weighted by molar-refractivity contribution is 0.0601. The highest BCUT2D eigenvalue weighted by Gasteiger charge is 2.11. The highest BCUT2D eigenvalue weighted by molar-refractivity contribution is 6.50. The van der Waals surface area contributed by atoms with Gasteiger partial charge in [0, 0.05) is 11.9 Å². The first-order chi connectivity index (χ1) is 12.0. The minimum Gasteiger partial charge on any atom is -0.465 e. The molecule has 0 unspecified atom stereocenters. The molecule has 0 fully saturated rings. The van der Waals surface area contributed by atoms with Gasteiger partial charge in [0.25, 0.3) is 5.56 Å². The fourth-order valence-corrected chi connectivity index (χ4v) is 2.49. The van der Waals surface area contributed by atoms with E-state index in [2.05, 4.69) is 19.7 Å². The molecule has 6 nitrogen and oxygen atoms in total. The molecule has 2 aromatic heterocycles. The van der Waals surface area contributed by atoms with Crippen molar-refractivity contribution in [1.29, 1.82) is 0 Å². The summed E-state index contributed by atoms with van der Waals surface area (Å²) in [6.07, 6.45) is 3.33. The topological polar surface area (TPSA) is 84.9 Å². The Bertz CT molecular complexity index is 1040. The Balaban J connectivity index is 2.08. The highest BCUT2D eigenvalue weighted by atomic mass is 35.5. The van der Waals surface area contributed by atoms with E-state index in [9.17, 15) is 9.59 Å². The first kappa shape index (κ1) is 16.9. The molecule has 0 radical (unpaired) electrons.